The van der Waals surface area contributed by atoms with E-state index in [2.05, 4.69) is 15.4 Å². The quantitative estimate of drug-likeness (QED) is 0.798. The van der Waals surface area contributed by atoms with Crippen molar-refractivity contribution in [2.75, 3.05) is 18.1 Å². The first-order chi connectivity index (χ1) is 13.1. The third kappa shape index (κ3) is 4.48. The third-order valence-electron chi connectivity index (χ3n) is 5.04. The van der Waals surface area contributed by atoms with Crippen LogP contribution in [-0.2, 0) is 16.0 Å². The molecule has 28 heavy (non-hydrogen) atoms. The number of aromatic nitrogens is 3. The van der Waals surface area contributed by atoms with Crippen LogP contribution in [0.3, 0.4) is 0 Å². The fourth-order valence-corrected chi connectivity index (χ4v) is 4.05. The predicted molar refractivity (Wildman–Crippen MR) is 99.3 cm³/mol. The average molecular weight is 416 g/mol. The van der Waals surface area contributed by atoms with Gasteiger partial charge in [-0.2, -0.15) is 23.0 Å². The molecule has 0 bridgehead atoms. The molecule has 3 rings (SSSR count). The summed E-state index contributed by atoms with van der Waals surface area (Å²) in [6, 6.07) is 2.67. The molecule has 0 radical (unpaired) electrons. The van der Waals surface area contributed by atoms with Crippen molar-refractivity contribution in [3.63, 3.8) is 0 Å². The third-order valence-corrected chi connectivity index (χ3v) is 6.14. The number of pyridine rings is 1. The van der Waals surface area contributed by atoms with Gasteiger partial charge in [0.05, 0.1) is 4.90 Å². The molecule has 1 fully saturated rings. The molecule has 2 aromatic heterocycles. The molecule has 0 saturated heterocycles. The largest absolute Gasteiger partial charge is 0.435 e. The maximum atomic E-state index is 13.4. The molecule has 1 N–H and O–H groups in total. The van der Waals surface area contributed by atoms with Crippen molar-refractivity contribution in [3.8, 4) is 5.82 Å². The highest BCUT2D eigenvalue weighted by atomic mass is 32.2. The summed E-state index contributed by atoms with van der Waals surface area (Å²) < 4.78 is 64.4. The second-order valence-corrected chi connectivity index (χ2v) is 9.26. The van der Waals surface area contributed by atoms with Gasteiger partial charge in [0.2, 0.25) is 0 Å². The van der Waals surface area contributed by atoms with Gasteiger partial charge in [-0.25, -0.2) is 13.4 Å². The Bertz CT molecular complexity index is 931. The van der Waals surface area contributed by atoms with Crippen molar-refractivity contribution in [3.05, 3.63) is 29.6 Å². The molecule has 6 nitrogen and oxygen atoms in total. The summed E-state index contributed by atoms with van der Waals surface area (Å²) in [5, 5.41) is 6.85. The number of alkyl halides is 3. The number of hydrogen-bond donors (Lipinski definition) is 1. The summed E-state index contributed by atoms with van der Waals surface area (Å²) in [6.07, 6.45) is 3.13. The Morgan fingerprint density at radius 2 is 1.89 bits per heavy atom. The molecule has 1 aliphatic carbocycles. The Kier molecular flexibility index (Phi) is 5.69. The van der Waals surface area contributed by atoms with Gasteiger partial charge in [0.15, 0.2) is 21.3 Å². The maximum Gasteiger partial charge on any atom is 0.435 e. The second kappa shape index (κ2) is 7.73. The number of anilines is 1. The van der Waals surface area contributed by atoms with E-state index in [9.17, 15) is 21.6 Å². The zero-order valence-electron chi connectivity index (χ0n) is 15.8. The van der Waals surface area contributed by atoms with Gasteiger partial charge >= 0.3 is 6.18 Å². The normalized spacial score (nSPS) is 16.3. The molecule has 0 unspecified atom stereocenters. The highest BCUT2D eigenvalue weighted by Crippen LogP contribution is 2.35. The van der Waals surface area contributed by atoms with E-state index >= 15 is 0 Å². The molecular formula is C18H23F3N4O2S. The summed E-state index contributed by atoms with van der Waals surface area (Å²) in [6.45, 7) is 1.94. The average Bonchev–Trinajstić information content (AvgIpc) is 2.97. The van der Waals surface area contributed by atoms with Gasteiger partial charge in [0.1, 0.15) is 5.82 Å². The van der Waals surface area contributed by atoms with Gasteiger partial charge in [0, 0.05) is 24.6 Å². The van der Waals surface area contributed by atoms with Crippen LogP contribution in [-0.4, -0.2) is 36.0 Å². The number of hydrogen-bond acceptors (Lipinski definition) is 5. The Balaban J connectivity index is 1.96. The molecule has 2 heterocycles. The second-order valence-electron chi connectivity index (χ2n) is 7.24. The highest BCUT2D eigenvalue weighted by Gasteiger charge is 2.38. The first-order valence-electron chi connectivity index (χ1n) is 9.14. The first-order valence-corrected chi connectivity index (χ1v) is 11.0. The van der Waals surface area contributed by atoms with Gasteiger partial charge in [0.25, 0.3) is 0 Å². The van der Waals surface area contributed by atoms with Gasteiger partial charge in [-0.05, 0) is 37.8 Å². The lowest BCUT2D eigenvalue weighted by molar-refractivity contribution is -0.141. The summed E-state index contributed by atoms with van der Waals surface area (Å²) in [5.74, 6) is 0.765. The van der Waals surface area contributed by atoms with Gasteiger partial charge in [-0.1, -0.05) is 19.3 Å². The van der Waals surface area contributed by atoms with Crippen LogP contribution in [0.15, 0.2) is 23.2 Å². The van der Waals surface area contributed by atoms with Crippen LogP contribution in [0.2, 0.25) is 0 Å². The summed E-state index contributed by atoms with van der Waals surface area (Å²) in [5.41, 5.74) is -0.982. The van der Waals surface area contributed by atoms with Gasteiger partial charge in [-0.3, -0.25) is 0 Å². The summed E-state index contributed by atoms with van der Waals surface area (Å²) >= 11 is 0. The van der Waals surface area contributed by atoms with E-state index in [-0.39, 0.29) is 22.1 Å². The minimum absolute atomic E-state index is 0.00250. The van der Waals surface area contributed by atoms with Crippen LogP contribution >= 0.6 is 0 Å². The Morgan fingerprint density at radius 3 is 2.43 bits per heavy atom. The van der Waals surface area contributed by atoms with Crippen LogP contribution in [0.5, 0.6) is 0 Å². The minimum Gasteiger partial charge on any atom is -0.369 e. The summed E-state index contributed by atoms with van der Waals surface area (Å²) in [7, 11) is -3.45. The van der Waals surface area contributed by atoms with E-state index in [0.29, 0.717) is 12.5 Å². The molecule has 0 aromatic carbocycles. The van der Waals surface area contributed by atoms with Crippen LogP contribution in [0.4, 0.5) is 19.0 Å². The van der Waals surface area contributed by atoms with Gasteiger partial charge in [-0.15, -0.1) is 0 Å². The monoisotopic (exact) mass is 416 g/mol. The number of nitrogens with zero attached hydrogens (tertiary/aromatic N) is 3. The fourth-order valence-electron chi connectivity index (χ4n) is 3.49. The number of nitrogens with one attached hydrogen (secondary N) is 1. The smallest absolute Gasteiger partial charge is 0.369 e. The van der Waals surface area contributed by atoms with Crippen molar-refractivity contribution in [1.82, 2.24) is 14.8 Å². The SMILES string of the molecule is Cc1c(C(F)(F)F)nn(-c2ccc(S(C)(=O)=O)cn2)c1NCC1CCCCC1. The van der Waals surface area contributed by atoms with Gasteiger partial charge < -0.3 is 5.32 Å². The van der Waals surface area contributed by atoms with E-state index in [0.717, 1.165) is 42.8 Å². The van der Waals surface area contributed by atoms with E-state index in [1.165, 1.54) is 25.5 Å². The van der Waals surface area contributed by atoms with E-state index < -0.39 is 21.7 Å². The van der Waals surface area contributed by atoms with Crippen LogP contribution in [0, 0.1) is 12.8 Å². The topological polar surface area (TPSA) is 76.9 Å². The highest BCUT2D eigenvalue weighted by molar-refractivity contribution is 7.90. The Morgan fingerprint density at radius 1 is 1.21 bits per heavy atom. The van der Waals surface area contributed by atoms with Crippen molar-refractivity contribution >= 4 is 15.7 Å². The molecule has 0 amide bonds. The minimum atomic E-state index is -4.59. The van der Waals surface area contributed by atoms with Crippen LogP contribution in [0.1, 0.15) is 43.4 Å². The first kappa shape index (κ1) is 20.6. The van der Waals surface area contributed by atoms with E-state index in [1.54, 1.807) is 0 Å². The number of halogens is 3. The Labute approximate surface area is 162 Å². The molecule has 1 aliphatic rings. The van der Waals surface area contributed by atoms with Crippen molar-refractivity contribution in [2.45, 2.75) is 50.1 Å². The van der Waals surface area contributed by atoms with E-state index in [4.69, 9.17) is 0 Å². The molecule has 10 heteroatoms. The van der Waals surface area contributed by atoms with Crippen LogP contribution < -0.4 is 5.32 Å². The van der Waals surface area contributed by atoms with Crippen molar-refractivity contribution < 1.29 is 21.6 Å². The molecule has 1 saturated carbocycles. The van der Waals surface area contributed by atoms with E-state index in [1.807, 2.05) is 0 Å². The van der Waals surface area contributed by atoms with Crippen molar-refractivity contribution in [1.29, 1.82) is 0 Å². The zero-order chi connectivity index (χ0) is 20.5. The van der Waals surface area contributed by atoms with Crippen LogP contribution in [0.25, 0.3) is 5.82 Å². The molecule has 154 valence electrons. The molecular weight excluding hydrogens is 393 g/mol. The number of rotatable bonds is 5. The lowest BCUT2D eigenvalue weighted by Gasteiger charge is -2.22. The predicted octanol–water partition coefficient (Wildman–Crippen LogP) is 3.99. The van der Waals surface area contributed by atoms with Crippen molar-refractivity contribution in [2.24, 2.45) is 5.92 Å². The fraction of sp³-hybridized carbons (Fsp3) is 0.556. The molecule has 2 aromatic rings. The standard InChI is InChI=1S/C18H23F3N4O2S/c1-12-16(18(19,20)21)24-25(15-9-8-14(11-22-15)28(2,26)27)17(12)23-10-13-6-4-3-5-7-13/h8-9,11,13,23H,3-7,10H2,1-2H3. The summed E-state index contributed by atoms with van der Waals surface area (Å²) in [4.78, 5) is 4.01. The maximum absolute atomic E-state index is 13.4. The zero-order valence-corrected chi connectivity index (χ0v) is 16.6. The lowest BCUT2D eigenvalue weighted by atomic mass is 9.89. The lowest BCUT2D eigenvalue weighted by Crippen LogP contribution is -2.19. The number of sulfone groups is 1. The Hall–Kier alpha value is -2.10. The molecule has 0 aliphatic heterocycles. The molecule has 0 atom stereocenters. The molecule has 0 spiro atoms.